The zero-order valence-corrected chi connectivity index (χ0v) is 14.1. The second kappa shape index (κ2) is 8.47. The lowest BCUT2D eigenvalue weighted by atomic mass is 10.1. The molecule has 9 heteroatoms. The Morgan fingerprint density at radius 1 is 1.27 bits per heavy atom. The lowest BCUT2D eigenvalue weighted by Crippen LogP contribution is -2.19. The number of aromatic hydroxyl groups is 1. The highest BCUT2D eigenvalue weighted by molar-refractivity contribution is 5.85. The summed E-state index contributed by atoms with van der Waals surface area (Å²) < 4.78 is 9.93. The monoisotopic (exact) mass is 359 g/mol. The molecule has 1 amide bonds. The molecule has 0 heterocycles. The number of hydrogen-bond acceptors (Lipinski definition) is 7. The van der Waals surface area contributed by atoms with E-state index in [2.05, 4.69) is 10.5 Å². The van der Waals surface area contributed by atoms with Crippen LogP contribution in [-0.4, -0.2) is 36.4 Å². The van der Waals surface area contributed by atoms with Crippen molar-refractivity contribution in [1.29, 1.82) is 0 Å². The summed E-state index contributed by atoms with van der Waals surface area (Å²) in [5.41, 5.74) is 2.88. The molecule has 9 nitrogen and oxygen atoms in total. The Hall–Kier alpha value is -3.62. The molecule has 0 bridgehead atoms. The predicted molar refractivity (Wildman–Crippen MR) is 93.7 cm³/mol. The van der Waals surface area contributed by atoms with Crippen molar-refractivity contribution in [2.45, 2.75) is 6.42 Å². The van der Waals surface area contributed by atoms with Gasteiger partial charge in [-0.05, 0) is 23.8 Å². The number of phenolic OH excluding ortho intramolecular Hbond substituents is 1. The second-order valence-corrected chi connectivity index (χ2v) is 5.17. The van der Waals surface area contributed by atoms with Crippen LogP contribution in [0.1, 0.15) is 11.1 Å². The third-order valence-corrected chi connectivity index (χ3v) is 3.42. The lowest BCUT2D eigenvalue weighted by molar-refractivity contribution is -0.386. The number of nitro benzene ring substituents is 1. The Kier molecular flexibility index (Phi) is 6.10. The molecule has 136 valence electrons. The molecule has 0 aromatic heterocycles. The van der Waals surface area contributed by atoms with Crippen LogP contribution >= 0.6 is 0 Å². The van der Waals surface area contributed by atoms with E-state index < -0.39 is 16.4 Å². The summed E-state index contributed by atoms with van der Waals surface area (Å²) in [7, 11) is 2.83. The van der Waals surface area contributed by atoms with Crippen molar-refractivity contribution in [3.8, 4) is 17.2 Å². The first-order chi connectivity index (χ1) is 12.4. The number of nitro groups is 1. The van der Waals surface area contributed by atoms with Crippen LogP contribution in [0, 0.1) is 10.1 Å². The van der Waals surface area contributed by atoms with Gasteiger partial charge in [0.15, 0.2) is 5.75 Å². The van der Waals surface area contributed by atoms with Gasteiger partial charge < -0.3 is 14.6 Å². The Morgan fingerprint density at radius 2 is 1.96 bits per heavy atom. The van der Waals surface area contributed by atoms with Gasteiger partial charge in [-0.1, -0.05) is 12.1 Å². The summed E-state index contributed by atoms with van der Waals surface area (Å²) in [6.07, 6.45) is 1.33. The predicted octanol–water partition coefficient (Wildman–Crippen LogP) is 2.01. The largest absolute Gasteiger partial charge is 0.500 e. The van der Waals surface area contributed by atoms with Gasteiger partial charge in [0, 0.05) is 11.6 Å². The van der Waals surface area contributed by atoms with Crippen molar-refractivity contribution >= 4 is 17.8 Å². The first kappa shape index (κ1) is 18.7. The van der Waals surface area contributed by atoms with Crippen LogP contribution in [0.25, 0.3) is 0 Å². The number of carbonyl (C=O) groups is 1. The molecule has 2 rings (SSSR count). The molecule has 0 unspecified atom stereocenters. The SMILES string of the molecule is COc1ccc(CC(=O)N/N=C\c2cc(OC)c(O)c([N+](=O)[O-])c2)cc1. The number of ether oxygens (including phenoxy) is 2. The van der Waals surface area contributed by atoms with Crippen molar-refractivity contribution in [1.82, 2.24) is 5.43 Å². The molecule has 0 atom stereocenters. The first-order valence-corrected chi connectivity index (χ1v) is 7.44. The Balaban J connectivity index is 2.03. The van der Waals surface area contributed by atoms with Crippen molar-refractivity contribution in [2.24, 2.45) is 5.10 Å². The number of amides is 1. The van der Waals surface area contributed by atoms with Gasteiger partial charge in [-0.15, -0.1) is 0 Å². The highest BCUT2D eigenvalue weighted by Crippen LogP contribution is 2.36. The highest BCUT2D eigenvalue weighted by atomic mass is 16.6. The number of phenols is 1. The number of benzene rings is 2. The van der Waals surface area contributed by atoms with Gasteiger partial charge in [0.2, 0.25) is 11.7 Å². The molecule has 26 heavy (non-hydrogen) atoms. The first-order valence-electron chi connectivity index (χ1n) is 7.44. The van der Waals surface area contributed by atoms with E-state index in [9.17, 15) is 20.0 Å². The van der Waals surface area contributed by atoms with E-state index in [0.29, 0.717) is 5.75 Å². The third kappa shape index (κ3) is 4.69. The van der Waals surface area contributed by atoms with Gasteiger partial charge in [-0.3, -0.25) is 14.9 Å². The smallest absolute Gasteiger partial charge is 0.315 e. The quantitative estimate of drug-likeness (QED) is 0.443. The van der Waals surface area contributed by atoms with Crippen LogP contribution < -0.4 is 14.9 Å². The third-order valence-electron chi connectivity index (χ3n) is 3.42. The number of nitrogens with one attached hydrogen (secondary N) is 1. The summed E-state index contributed by atoms with van der Waals surface area (Å²) in [6.45, 7) is 0. The molecule has 0 aliphatic heterocycles. The van der Waals surface area contributed by atoms with Crippen LogP contribution in [0.4, 0.5) is 5.69 Å². The minimum Gasteiger partial charge on any atom is -0.500 e. The van der Waals surface area contributed by atoms with Gasteiger partial charge in [0.05, 0.1) is 31.8 Å². The molecule has 0 saturated carbocycles. The topological polar surface area (TPSA) is 123 Å². The van der Waals surface area contributed by atoms with Crippen molar-refractivity contribution in [3.63, 3.8) is 0 Å². The second-order valence-electron chi connectivity index (χ2n) is 5.17. The van der Waals surface area contributed by atoms with Crippen molar-refractivity contribution in [2.75, 3.05) is 14.2 Å². The number of hydrogen-bond donors (Lipinski definition) is 2. The van der Waals surface area contributed by atoms with Gasteiger partial charge >= 0.3 is 5.69 Å². The molecular formula is C17H17N3O6. The molecule has 0 radical (unpaired) electrons. The van der Waals surface area contributed by atoms with Crippen LogP contribution in [0.2, 0.25) is 0 Å². The maximum atomic E-state index is 11.9. The summed E-state index contributed by atoms with van der Waals surface area (Å²) in [6, 6.07) is 9.49. The maximum Gasteiger partial charge on any atom is 0.315 e. The normalized spacial score (nSPS) is 10.5. The molecule has 2 aromatic rings. The molecule has 0 aliphatic carbocycles. The summed E-state index contributed by atoms with van der Waals surface area (Å²) in [4.78, 5) is 22.1. The van der Waals surface area contributed by atoms with Crippen LogP contribution in [0.15, 0.2) is 41.5 Å². The van der Waals surface area contributed by atoms with E-state index in [0.717, 1.165) is 11.6 Å². The fourth-order valence-corrected chi connectivity index (χ4v) is 2.13. The van der Waals surface area contributed by atoms with Gasteiger partial charge in [0.25, 0.3) is 0 Å². The summed E-state index contributed by atoms with van der Waals surface area (Å²) in [5.74, 6) is -0.301. The maximum absolute atomic E-state index is 11.9. The van der Waals surface area contributed by atoms with Crippen molar-refractivity contribution in [3.05, 3.63) is 57.6 Å². The molecule has 0 spiro atoms. The fraction of sp³-hybridized carbons (Fsp3) is 0.176. The van der Waals surface area contributed by atoms with Crippen LogP contribution in [-0.2, 0) is 11.2 Å². The fourth-order valence-electron chi connectivity index (χ4n) is 2.13. The van der Waals surface area contributed by atoms with Crippen LogP contribution in [0.3, 0.4) is 0 Å². The lowest BCUT2D eigenvalue weighted by Gasteiger charge is -2.05. The summed E-state index contributed by atoms with van der Waals surface area (Å²) in [5, 5.41) is 24.4. The van der Waals surface area contributed by atoms with Crippen LogP contribution in [0.5, 0.6) is 17.2 Å². The van der Waals surface area contributed by atoms with E-state index in [-0.39, 0.29) is 23.6 Å². The minimum absolute atomic E-state index is 0.0646. The molecule has 0 saturated heterocycles. The zero-order chi connectivity index (χ0) is 19.1. The number of carbonyl (C=O) groups excluding carboxylic acids is 1. The average molecular weight is 359 g/mol. The molecule has 0 aliphatic rings. The van der Waals surface area contributed by atoms with E-state index in [1.807, 2.05) is 0 Å². The average Bonchev–Trinajstić information content (AvgIpc) is 2.63. The van der Waals surface area contributed by atoms with Gasteiger partial charge in [0.1, 0.15) is 5.75 Å². The van der Waals surface area contributed by atoms with E-state index in [4.69, 9.17) is 9.47 Å². The summed E-state index contributed by atoms with van der Waals surface area (Å²) >= 11 is 0. The number of rotatable bonds is 7. The molecule has 0 fully saturated rings. The van der Waals surface area contributed by atoms with E-state index >= 15 is 0 Å². The van der Waals surface area contributed by atoms with E-state index in [1.165, 1.54) is 19.4 Å². The Morgan fingerprint density at radius 3 is 2.54 bits per heavy atom. The molecule has 2 aromatic carbocycles. The van der Waals surface area contributed by atoms with Gasteiger partial charge in [-0.2, -0.15) is 5.10 Å². The zero-order valence-electron chi connectivity index (χ0n) is 14.1. The molecule has 2 N–H and O–H groups in total. The number of hydrazone groups is 1. The van der Waals surface area contributed by atoms with Gasteiger partial charge in [-0.25, -0.2) is 5.43 Å². The Bertz CT molecular complexity index is 833. The minimum atomic E-state index is -0.739. The molecular weight excluding hydrogens is 342 g/mol. The highest BCUT2D eigenvalue weighted by Gasteiger charge is 2.19. The number of methoxy groups -OCH3 is 2. The van der Waals surface area contributed by atoms with Crippen molar-refractivity contribution < 1.29 is 24.3 Å². The number of nitrogens with zero attached hydrogens (tertiary/aromatic N) is 2. The standard InChI is InChI=1S/C17H17N3O6/c1-25-13-5-3-11(4-6-13)9-16(21)19-18-10-12-7-14(20(23)24)17(22)15(8-12)26-2/h3-8,10,22H,9H2,1-2H3,(H,19,21)/b18-10-. The Labute approximate surface area is 149 Å². The van der Waals surface area contributed by atoms with E-state index in [1.54, 1.807) is 31.4 Å².